The quantitative estimate of drug-likeness (QED) is 0.614. The van der Waals surface area contributed by atoms with Gasteiger partial charge >= 0.3 is 0 Å². The number of rotatable bonds is 4. The molecule has 1 unspecified atom stereocenters. The predicted molar refractivity (Wildman–Crippen MR) is 64.4 cm³/mol. The van der Waals surface area contributed by atoms with Crippen LogP contribution in [0.2, 0.25) is 5.82 Å². The van der Waals surface area contributed by atoms with Crippen molar-refractivity contribution in [2.75, 3.05) is 5.32 Å². The zero-order chi connectivity index (χ0) is 12.1. The van der Waals surface area contributed by atoms with Crippen LogP contribution in [0.15, 0.2) is 30.3 Å². The van der Waals surface area contributed by atoms with Crippen LogP contribution in [0.1, 0.15) is 13.8 Å². The van der Waals surface area contributed by atoms with Gasteiger partial charge in [-0.2, -0.15) is 0 Å². The Morgan fingerprint density at radius 2 is 1.75 bits per heavy atom. The van der Waals surface area contributed by atoms with Crippen molar-refractivity contribution in [3.05, 3.63) is 30.3 Å². The highest BCUT2D eigenvalue weighted by Gasteiger charge is 2.22. The number of carbonyl (C=O) groups is 2. The highest BCUT2D eigenvalue weighted by molar-refractivity contribution is 6.38. The van der Waals surface area contributed by atoms with Crippen LogP contribution in [0, 0.1) is 5.92 Å². The van der Waals surface area contributed by atoms with E-state index in [9.17, 15) is 9.59 Å². The Hall–Kier alpha value is -1.58. The number of ketones is 1. The molecule has 1 aromatic rings. The Morgan fingerprint density at radius 3 is 2.25 bits per heavy atom. The third kappa shape index (κ3) is 3.23. The van der Waals surface area contributed by atoms with Gasteiger partial charge in [0.15, 0.2) is 0 Å². The first-order valence-corrected chi connectivity index (χ1v) is 5.17. The Bertz CT molecular complexity index is 376. The Morgan fingerprint density at radius 1 is 1.19 bits per heavy atom. The maximum atomic E-state index is 11.6. The molecular weight excluding hydrogens is 201 g/mol. The second-order valence-corrected chi connectivity index (χ2v) is 3.89. The first-order chi connectivity index (χ1) is 7.52. The number of carbonyl (C=O) groups excluding carboxylic acids is 2. The van der Waals surface area contributed by atoms with Crippen molar-refractivity contribution in [1.82, 2.24) is 0 Å². The third-order valence-corrected chi connectivity index (χ3v) is 2.20. The molecule has 0 aliphatic carbocycles. The van der Waals surface area contributed by atoms with E-state index in [1.807, 2.05) is 6.07 Å². The normalized spacial score (nSPS) is 12.2. The molecule has 1 rings (SSSR count). The van der Waals surface area contributed by atoms with Crippen molar-refractivity contribution in [3.63, 3.8) is 0 Å². The van der Waals surface area contributed by atoms with Crippen LogP contribution in [-0.2, 0) is 9.59 Å². The van der Waals surface area contributed by atoms with Gasteiger partial charge in [-0.25, -0.2) is 0 Å². The number of amides is 1. The Balaban J connectivity index is 2.63. The molecule has 0 aromatic heterocycles. The predicted octanol–water partition coefficient (Wildman–Crippen LogP) is 1.81. The summed E-state index contributed by atoms with van der Waals surface area (Å²) in [7, 11) is 5.55. The number of Topliss-reactive ketones (excluding diaryl/α,β-unsaturated/α-hetero) is 1. The van der Waals surface area contributed by atoms with Gasteiger partial charge in [-0.3, -0.25) is 9.59 Å². The zero-order valence-corrected chi connectivity index (χ0v) is 9.44. The maximum absolute atomic E-state index is 11.6. The lowest BCUT2D eigenvalue weighted by molar-refractivity contribution is -0.127. The van der Waals surface area contributed by atoms with E-state index in [0.717, 1.165) is 0 Å². The van der Waals surface area contributed by atoms with Crippen LogP contribution in [-0.4, -0.2) is 19.5 Å². The third-order valence-electron chi connectivity index (χ3n) is 2.20. The zero-order valence-electron chi connectivity index (χ0n) is 9.44. The molecule has 0 fully saturated rings. The van der Waals surface area contributed by atoms with Crippen LogP contribution in [0.3, 0.4) is 0 Å². The topological polar surface area (TPSA) is 46.2 Å². The van der Waals surface area contributed by atoms with E-state index in [1.54, 1.807) is 38.1 Å². The fraction of sp³-hybridized carbons (Fsp3) is 0.333. The average molecular weight is 215 g/mol. The maximum Gasteiger partial charge on any atom is 0.225 e. The van der Waals surface area contributed by atoms with Crippen molar-refractivity contribution in [2.45, 2.75) is 19.7 Å². The molecule has 82 valence electrons. The molecular formula is C12H14BNO2. The molecule has 1 aromatic carbocycles. The van der Waals surface area contributed by atoms with Crippen molar-refractivity contribution in [3.8, 4) is 0 Å². The van der Waals surface area contributed by atoms with Crippen molar-refractivity contribution in [2.24, 2.45) is 5.92 Å². The van der Waals surface area contributed by atoms with Crippen molar-refractivity contribution < 1.29 is 9.59 Å². The summed E-state index contributed by atoms with van der Waals surface area (Å²) >= 11 is 0. The van der Waals surface area contributed by atoms with Gasteiger partial charge in [-0.05, 0) is 12.1 Å². The van der Waals surface area contributed by atoms with Crippen LogP contribution < -0.4 is 5.32 Å². The molecule has 16 heavy (non-hydrogen) atoms. The summed E-state index contributed by atoms with van der Waals surface area (Å²) in [5.41, 5.74) is 0.638. The fourth-order valence-corrected chi connectivity index (χ4v) is 1.23. The Kier molecular flexibility index (Phi) is 4.29. The van der Waals surface area contributed by atoms with Gasteiger partial charge in [-0.15, -0.1) is 0 Å². The second kappa shape index (κ2) is 5.49. The summed E-state index contributed by atoms with van der Waals surface area (Å²) in [5, 5.41) is 2.59. The Labute approximate surface area is 96.6 Å². The minimum absolute atomic E-state index is 0.239. The smallest absolute Gasteiger partial charge is 0.225 e. The number of hydrogen-bond acceptors (Lipinski definition) is 2. The summed E-state index contributed by atoms with van der Waals surface area (Å²) in [6, 6.07) is 8.92. The van der Waals surface area contributed by atoms with Gasteiger partial charge in [0.25, 0.3) is 0 Å². The van der Waals surface area contributed by atoms with Crippen molar-refractivity contribution in [1.29, 1.82) is 0 Å². The highest BCUT2D eigenvalue weighted by Crippen LogP contribution is 2.13. The van der Waals surface area contributed by atoms with Crippen LogP contribution >= 0.6 is 0 Å². The molecule has 0 aliphatic rings. The highest BCUT2D eigenvalue weighted by atomic mass is 16.2. The van der Waals surface area contributed by atoms with Crippen LogP contribution in [0.4, 0.5) is 5.69 Å². The summed E-state index contributed by atoms with van der Waals surface area (Å²) in [5.74, 6) is -2.06. The summed E-state index contributed by atoms with van der Waals surface area (Å²) in [4.78, 5) is 23.1. The summed E-state index contributed by atoms with van der Waals surface area (Å²) < 4.78 is 0. The van der Waals surface area contributed by atoms with E-state index in [1.165, 1.54) is 0 Å². The molecule has 0 spiro atoms. The largest absolute Gasteiger partial charge is 0.326 e. The number of para-hydroxylation sites is 1. The molecule has 3 nitrogen and oxygen atoms in total. The molecule has 0 saturated heterocycles. The standard InChI is InChI=1S/C12H14BNO2/c1-8(2)11(15)10(13)12(16)14-9-6-4-3-5-7-9/h3-8,10H,1-2H3,(H,14,16). The van der Waals surface area contributed by atoms with E-state index in [2.05, 4.69) is 5.32 Å². The molecule has 0 saturated carbocycles. The molecule has 4 heteroatoms. The number of anilines is 1. The molecule has 1 atom stereocenters. The van der Waals surface area contributed by atoms with E-state index in [0.29, 0.717) is 5.69 Å². The van der Waals surface area contributed by atoms with Gasteiger partial charge in [-0.1, -0.05) is 32.0 Å². The van der Waals surface area contributed by atoms with E-state index >= 15 is 0 Å². The molecule has 1 amide bonds. The lowest BCUT2D eigenvalue weighted by Gasteiger charge is -2.13. The lowest BCUT2D eigenvalue weighted by Crippen LogP contribution is -2.27. The van der Waals surface area contributed by atoms with Gasteiger partial charge in [0.1, 0.15) is 5.78 Å². The molecule has 1 N–H and O–H groups in total. The van der Waals surface area contributed by atoms with Gasteiger partial charge in [0, 0.05) is 11.6 Å². The van der Waals surface area contributed by atoms with E-state index < -0.39 is 11.7 Å². The summed E-state index contributed by atoms with van der Waals surface area (Å²) in [6.07, 6.45) is 0. The van der Waals surface area contributed by atoms with Gasteiger partial charge in [0.2, 0.25) is 5.91 Å². The number of benzene rings is 1. The van der Waals surface area contributed by atoms with Gasteiger partial charge < -0.3 is 5.32 Å². The first-order valence-electron chi connectivity index (χ1n) is 5.17. The van der Waals surface area contributed by atoms with Crippen LogP contribution in [0.25, 0.3) is 0 Å². The monoisotopic (exact) mass is 215 g/mol. The van der Waals surface area contributed by atoms with Crippen molar-refractivity contribution >= 4 is 25.2 Å². The first kappa shape index (κ1) is 12.5. The number of hydrogen-bond donors (Lipinski definition) is 1. The molecule has 0 bridgehead atoms. The SMILES string of the molecule is [B]C(C(=O)Nc1ccccc1)C(=O)C(C)C. The minimum atomic E-state index is -1.10. The lowest BCUT2D eigenvalue weighted by atomic mass is 9.79. The molecule has 0 heterocycles. The minimum Gasteiger partial charge on any atom is -0.326 e. The van der Waals surface area contributed by atoms with E-state index in [-0.39, 0.29) is 11.7 Å². The van der Waals surface area contributed by atoms with Gasteiger partial charge in [0.05, 0.1) is 13.7 Å². The van der Waals surface area contributed by atoms with Crippen LogP contribution in [0.5, 0.6) is 0 Å². The number of nitrogens with one attached hydrogen (secondary N) is 1. The molecule has 2 radical (unpaired) electrons. The fourth-order valence-electron chi connectivity index (χ4n) is 1.23. The second-order valence-electron chi connectivity index (χ2n) is 3.89. The van der Waals surface area contributed by atoms with E-state index in [4.69, 9.17) is 7.85 Å². The summed E-state index contributed by atoms with van der Waals surface area (Å²) in [6.45, 7) is 3.44. The molecule has 0 aliphatic heterocycles. The average Bonchev–Trinajstić information content (AvgIpc) is 2.28.